The van der Waals surface area contributed by atoms with Gasteiger partial charge in [-0.05, 0) is 37.0 Å². The molecule has 1 atom stereocenters. The van der Waals surface area contributed by atoms with E-state index >= 15 is 0 Å². The van der Waals surface area contributed by atoms with Crippen LogP contribution in [0.15, 0.2) is 46.3 Å². The highest BCUT2D eigenvalue weighted by Gasteiger charge is 2.18. The number of ether oxygens (including phenoxy) is 1. The lowest BCUT2D eigenvalue weighted by Gasteiger charge is -2.14. The lowest BCUT2D eigenvalue weighted by molar-refractivity contribution is -0.125. The van der Waals surface area contributed by atoms with Crippen LogP contribution in [0.4, 0.5) is 0 Å². The number of rotatable bonds is 6. The number of esters is 1. The summed E-state index contributed by atoms with van der Waals surface area (Å²) in [5, 5.41) is 4.18. The number of carbonyl (C=O) groups excluding carboxylic acids is 2. The van der Waals surface area contributed by atoms with Gasteiger partial charge in [-0.25, -0.2) is 10.2 Å². The van der Waals surface area contributed by atoms with E-state index in [1.54, 1.807) is 24.3 Å². The zero-order valence-electron chi connectivity index (χ0n) is 15.8. The van der Waals surface area contributed by atoms with Gasteiger partial charge in [0, 0.05) is 5.92 Å². The maximum absolute atomic E-state index is 12.3. The maximum atomic E-state index is 12.3. The van der Waals surface area contributed by atoms with Crippen LogP contribution in [0.1, 0.15) is 40.1 Å². The van der Waals surface area contributed by atoms with Crippen LogP contribution < -0.4 is 10.3 Å². The summed E-state index contributed by atoms with van der Waals surface area (Å²) in [7, 11) is 1.31. The fourth-order valence-electron chi connectivity index (χ4n) is 2.99. The van der Waals surface area contributed by atoms with E-state index in [-0.39, 0.29) is 28.4 Å². The van der Waals surface area contributed by atoms with E-state index in [0.717, 1.165) is 29.7 Å². The first-order chi connectivity index (χ1) is 14.0. The van der Waals surface area contributed by atoms with Crippen molar-refractivity contribution in [3.63, 3.8) is 0 Å². The van der Waals surface area contributed by atoms with Crippen molar-refractivity contribution < 1.29 is 14.3 Å². The van der Waals surface area contributed by atoms with E-state index in [1.807, 2.05) is 6.08 Å². The van der Waals surface area contributed by atoms with E-state index in [1.165, 1.54) is 17.9 Å². The third-order valence-corrected chi connectivity index (χ3v) is 5.98. The number of benzene rings is 1. The van der Waals surface area contributed by atoms with Crippen LogP contribution in [-0.4, -0.2) is 29.8 Å². The summed E-state index contributed by atoms with van der Waals surface area (Å²) in [6.45, 7) is 0.202. The molecule has 0 aliphatic heterocycles. The van der Waals surface area contributed by atoms with Crippen molar-refractivity contribution in [3.8, 4) is 0 Å². The van der Waals surface area contributed by atoms with E-state index < -0.39 is 5.97 Å². The Morgan fingerprint density at radius 3 is 2.97 bits per heavy atom. The number of thiazole rings is 1. The molecule has 0 saturated carbocycles. The first-order valence-corrected chi connectivity index (χ1v) is 10.2. The normalized spacial score (nSPS) is 16.1. The molecule has 2 aromatic rings. The van der Waals surface area contributed by atoms with Gasteiger partial charge >= 0.3 is 10.8 Å². The van der Waals surface area contributed by atoms with Crippen LogP contribution in [0.2, 0.25) is 5.15 Å². The predicted octanol–water partition coefficient (Wildman–Crippen LogP) is 3.20. The zero-order valence-corrected chi connectivity index (χ0v) is 17.3. The second kappa shape index (κ2) is 9.67. The van der Waals surface area contributed by atoms with Crippen LogP contribution in [0.25, 0.3) is 0 Å². The number of aromatic nitrogens is 1. The highest BCUT2D eigenvalue weighted by molar-refractivity contribution is 7.11. The lowest BCUT2D eigenvalue weighted by atomic mass is 9.94. The first-order valence-electron chi connectivity index (χ1n) is 9.04. The minimum atomic E-state index is -0.451. The number of amides is 1. The van der Waals surface area contributed by atoms with Crippen molar-refractivity contribution in [1.29, 1.82) is 0 Å². The molecule has 152 valence electrons. The molecule has 1 aliphatic carbocycles. The molecule has 9 heteroatoms. The first kappa shape index (κ1) is 21.0. The molecule has 0 spiro atoms. The van der Waals surface area contributed by atoms with Crippen LogP contribution in [0, 0.1) is 5.92 Å². The third kappa shape index (κ3) is 5.21. The van der Waals surface area contributed by atoms with Crippen molar-refractivity contribution in [3.05, 3.63) is 67.2 Å². The fourth-order valence-corrected chi connectivity index (χ4v) is 4.10. The molecule has 0 saturated heterocycles. The van der Waals surface area contributed by atoms with Gasteiger partial charge in [-0.15, -0.1) is 0 Å². The Labute approximate surface area is 176 Å². The van der Waals surface area contributed by atoms with Gasteiger partial charge in [0.2, 0.25) is 5.91 Å². The Morgan fingerprint density at radius 1 is 1.41 bits per heavy atom. The topological polar surface area (TPSA) is 89.8 Å². The smallest absolute Gasteiger partial charge is 0.337 e. The quantitative estimate of drug-likeness (QED) is 0.328. The van der Waals surface area contributed by atoms with Gasteiger partial charge < -0.3 is 4.74 Å². The Balaban J connectivity index is 1.70. The van der Waals surface area contributed by atoms with Crippen LogP contribution in [0.3, 0.4) is 0 Å². The van der Waals surface area contributed by atoms with Gasteiger partial charge in [0.25, 0.3) is 0 Å². The van der Waals surface area contributed by atoms with Gasteiger partial charge in [0.15, 0.2) is 0 Å². The second-order valence-corrected chi connectivity index (χ2v) is 7.87. The number of methoxy groups -OCH3 is 1. The summed E-state index contributed by atoms with van der Waals surface area (Å²) < 4.78 is 6.10. The molecule has 0 bridgehead atoms. The molecule has 1 unspecified atom stereocenters. The molecule has 1 aromatic carbocycles. The second-order valence-electron chi connectivity index (χ2n) is 6.52. The number of nitrogens with zero attached hydrogens (tertiary/aromatic N) is 2. The molecule has 1 heterocycles. The Kier molecular flexibility index (Phi) is 7.00. The summed E-state index contributed by atoms with van der Waals surface area (Å²) >= 11 is 7.28. The number of hydrogen-bond acceptors (Lipinski definition) is 6. The summed E-state index contributed by atoms with van der Waals surface area (Å²) in [6.07, 6.45) is 7.83. The predicted molar refractivity (Wildman–Crippen MR) is 113 cm³/mol. The number of nitrogens with one attached hydrogen (secondary N) is 1. The zero-order chi connectivity index (χ0) is 20.8. The molecular formula is C20H20ClN3O4S. The van der Waals surface area contributed by atoms with Gasteiger partial charge in [-0.3, -0.25) is 14.2 Å². The number of hydrazone groups is 1. The Hall–Kier alpha value is -2.71. The Morgan fingerprint density at radius 2 is 2.24 bits per heavy atom. The average molecular weight is 434 g/mol. The summed E-state index contributed by atoms with van der Waals surface area (Å²) in [5.74, 6) is -0.682. The standard InChI is InChI=1S/C20H20ClN3O4S/c1-28-19(26)15-9-5-6-13(10-15)12-24-17(21)16(29-20(24)27)11-22-23-18(25)14-7-3-2-4-8-14/h2-3,5-6,9-11,14H,4,7-8,12H2,1H3,(H,23,25). The molecular weight excluding hydrogens is 414 g/mol. The molecule has 3 rings (SSSR count). The van der Waals surface area contributed by atoms with E-state index in [2.05, 4.69) is 16.6 Å². The van der Waals surface area contributed by atoms with E-state index in [9.17, 15) is 14.4 Å². The number of halogens is 1. The maximum Gasteiger partial charge on any atom is 0.337 e. The highest BCUT2D eigenvalue weighted by Crippen LogP contribution is 2.20. The molecule has 1 aliphatic rings. The van der Waals surface area contributed by atoms with Crippen LogP contribution in [-0.2, 0) is 16.1 Å². The largest absolute Gasteiger partial charge is 0.465 e. The van der Waals surface area contributed by atoms with Crippen molar-refractivity contribution >= 4 is 41.0 Å². The molecule has 1 N–H and O–H groups in total. The van der Waals surface area contributed by atoms with Crippen molar-refractivity contribution in [1.82, 2.24) is 9.99 Å². The molecule has 0 radical (unpaired) electrons. The molecule has 1 amide bonds. The minimum absolute atomic E-state index is 0.0851. The van der Waals surface area contributed by atoms with Crippen molar-refractivity contribution in [2.24, 2.45) is 11.0 Å². The molecule has 1 aromatic heterocycles. The molecule has 0 fully saturated rings. The van der Waals surface area contributed by atoms with Crippen molar-refractivity contribution in [2.45, 2.75) is 25.8 Å². The van der Waals surface area contributed by atoms with Gasteiger partial charge in [-0.2, -0.15) is 5.10 Å². The van der Waals surface area contributed by atoms with Crippen molar-refractivity contribution in [2.75, 3.05) is 7.11 Å². The van der Waals surface area contributed by atoms with Crippen LogP contribution in [0.5, 0.6) is 0 Å². The molecule has 7 nitrogen and oxygen atoms in total. The van der Waals surface area contributed by atoms with E-state index in [0.29, 0.717) is 16.9 Å². The summed E-state index contributed by atoms with van der Waals surface area (Å²) in [4.78, 5) is 36.3. The van der Waals surface area contributed by atoms with Gasteiger partial charge in [0.05, 0.1) is 30.3 Å². The monoisotopic (exact) mass is 433 g/mol. The van der Waals surface area contributed by atoms with Gasteiger partial charge in [-0.1, -0.05) is 47.2 Å². The minimum Gasteiger partial charge on any atom is -0.465 e. The lowest BCUT2D eigenvalue weighted by Crippen LogP contribution is -2.27. The number of allylic oxidation sites excluding steroid dienone is 2. The average Bonchev–Trinajstić information content (AvgIpc) is 3.01. The summed E-state index contributed by atoms with van der Waals surface area (Å²) in [5.41, 5.74) is 3.64. The number of carbonyl (C=O) groups is 2. The van der Waals surface area contributed by atoms with E-state index in [4.69, 9.17) is 16.3 Å². The van der Waals surface area contributed by atoms with Crippen LogP contribution >= 0.6 is 22.9 Å². The van der Waals surface area contributed by atoms with Gasteiger partial charge in [0.1, 0.15) is 5.15 Å². The fraction of sp³-hybridized carbons (Fsp3) is 0.300. The SMILES string of the molecule is COC(=O)c1cccc(Cn2c(Cl)c(C=NNC(=O)C3CC=CCC3)sc2=O)c1. The third-order valence-electron chi connectivity index (χ3n) is 4.54. The Bertz CT molecular complexity index is 1020. The number of hydrogen-bond donors (Lipinski definition) is 1. The molecule has 29 heavy (non-hydrogen) atoms. The highest BCUT2D eigenvalue weighted by atomic mass is 35.5. The summed E-state index contributed by atoms with van der Waals surface area (Å²) in [6, 6.07) is 6.79.